The molecule has 0 bridgehead atoms. The van der Waals surface area contributed by atoms with Crippen LogP contribution in [0.1, 0.15) is 10.4 Å². The van der Waals surface area contributed by atoms with Gasteiger partial charge in [0.25, 0.3) is 11.8 Å². The molecule has 0 atom stereocenters. The maximum atomic E-state index is 12.8. The van der Waals surface area contributed by atoms with E-state index in [1.165, 1.54) is 60.5 Å². The summed E-state index contributed by atoms with van der Waals surface area (Å²) in [6.45, 7) is -0.424. The topological polar surface area (TPSA) is 102 Å². The quantitative estimate of drug-likeness (QED) is 0.780. The van der Waals surface area contributed by atoms with Gasteiger partial charge < -0.3 is 20.7 Å². The van der Waals surface area contributed by atoms with Gasteiger partial charge in [0.1, 0.15) is 11.6 Å². The van der Waals surface area contributed by atoms with Gasteiger partial charge in [-0.2, -0.15) is 0 Å². The second-order valence-corrected chi connectivity index (χ2v) is 5.50. The molecule has 0 fully saturated rings. The van der Waals surface area contributed by atoms with Crippen LogP contribution in [0, 0.1) is 5.82 Å². The Morgan fingerprint density at radius 3 is 2.27 bits per heavy atom. The molecule has 3 amide bonds. The van der Waals surface area contributed by atoms with E-state index in [1.54, 1.807) is 0 Å². The Bertz CT molecular complexity index is 791. The number of nitrogens with one attached hydrogen (secondary N) is 1. The van der Waals surface area contributed by atoms with Crippen LogP contribution in [0.25, 0.3) is 0 Å². The SMILES string of the molecule is CN(CC(=O)Nc1ccc(F)cc1)C(=O)c1ccc(OCC(N)=O)cc1. The number of carbonyl (C=O) groups is 3. The number of primary amides is 1. The Balaban J connectivity index is 1.90. The Hall–Kier alpha value is -3.42. The van der Waals surface area contributed by atoms with Crippen molar-refractivity contribution in [2.45, 2.75) is 0 Å². The molecule has 0 aliphatic heterocycles. The van der Waals surface area contributed by atoms with Gasteiger partial charge in [0.2, 0.25) is 5.91 Å². The lowest BCUT2D eigenvalue weighted by atomic mass is 10.2. The second kappa shape index (κ2) is 8.61. The second-order valence-electron chi connectivity index (χ2n) is 5.50. The van der Waals surface area contributed by atoms with Crippen molar-refractivity contribution in [3.05, 3.63) is 59.9 Å². The minimum Gasteiger partial charge on any atom is -0.484 e. The molecular formula is C18H18FN3O4. The van der Waals surface area contributed by atoms with E-state index in [2.05, 4.69) is 5.32 Å². The van der Waals surface area contributed by atoms with E-state index in [9.17, 15) is 18.8 Å². The number of amides is 3. The standard InChI is InChI=1S/C18H18FN3O4/c1-22(10-17(24)21-14-6-4-13(19)5-7-14)18(25)12-2-8-15(9-3-12)26-11-16(20)23/h2-9H,10-11H2,1H3,(H2,20,23)(H,21,24). The summed E-state index contributed by atoms with van der Waals surface area (Å²) < 4.78 is 18.0. The first-order valence-corrected chi connectivity index (χ1v) is 7.67. The van der Waals surface area contributed by atoms with Crippen molar-refractivity contribution in [2.75, 3.05) is 25.5 Å². The van der Waals surface area contributed by atoms with Crippen LogP contribution < -0.4 is 15.8 Å². The number of likely N-dealkylation sites (N-methyl/N-ethyl adjacent to an activating group) is 1. The fourth-order valence-corrected chi connectivity index (χ4v) is 2.09. The normalized spacial score (nSPS) is 10.1. The van der Waals surface area contributed by atoms with Gasteiger partial charge in [0.15, 0.2) is 6.61 Å². The summed E-state index contributed by atoms with van der Waals surface area (Å²) in [7, 11) is 1.49. The Morgan fingerprint density at radius 2 is 1.69 bits per heavy atom. The Kier molecular flexibility index (Phi) is 6.26. The first-order valence-electron chi connectivity index (χ1n) is 7.67. The van der Waals surface area contributed by atoms with Gasteiger partial charge in [-0.25, -0.2) is 4.39 Å². The third-order valence-electron chi connectivity index (χ3n) is 3.34. The monoisotopic (exact) mass is 359 g/mol. The number of nitrogens with two attached hydrogens (primary N) is 1. The van der Waals surface area contributed by atoms with Gasteiger partial charge in [-0.15, -0.1) is 0 Å². The number of halogens is 1. The van der Waals surface area contributed by atoms with Crippen LogP contribution in [0.4, 0.5) is 10.1 Å². The number of carbonyl (C=O) groups excluding carboxylic acids is 3. The summed E-state index contributed by atoms with van der Waals surface area (Å²) in [4.78, 5) is 36.2. The van der Waals surface area contributed by atoms with Crippen molar-refractivity contribution in [1.29, 1.82) is 0 Å². The highest BCUT2D eigenvalue weighted by molar-refractivity contribution is 5.99. The molecule has 0 aromatic heterocycles. The van der Waals surface area contributed by atoms with E-state index < -0.39 is 17.6 Å². The minimum absolute atomic E-state index is 0.170. The summed E-state index contributed by atoms with van der Waals surface area (Å²) in [5.74, 6) is -1.37. The highest BCUT2D eigenvalue weighted by Gasteiger charge is 2.15. The molecule has 2 aromatic carbocycles. The molecule has 26 heavy (non-hydrogen) atoms. The molecule has 3 N–H and O–H groups in total. The summed E-state index contributed by atoms with van der Waals surface area (Å²) in [5, 5.41) is 2.58. The van der Waals surface area contributed by atoms with Crippen molar-refractivity contribution < 1.29 is 23.5 Å². The summed E-state index contributed by atoms with van der Waals surface area (Å²) in [6, 6.07) is 11.4. The molecule has 0 unspecified atom stereocenters. The van der Waals surface area contributed by atoms with Crippen molar-refractivity contribution in [3.8, 4) is 5.75 Å². The van der Waals surface area contributed by atoms with Gasteiger partial charge in [-0.1, -0.05) is 0 Å². The zero-order valence-corrected chi connectivity index (χ0v) is 14.1. The fourth-order valence-electron chi connectivity index (χ4n) is 2.09. The summed E-state index contributed by atoms with van der Waals surface area (Å²) >= 11 is 0. The lowest BCUT2D eigenvalue weighted by molar-refractivity contribution is -0.120. The predicted octanol–water partition coefficient (Wildman–Crippen LogP) is 1.40. The zero-order chi connectivity index (χ0) is 19.1. The largest absolute Gasteiger partial charge is 0.484 e. The molecule has 0 spiro atoms. The Morgan fingerprint density at radius 1 is 1.08 bits per heavy atom. The molecule has 8 heteroatoms. The number of ether oxygens (including phenoxy) is 1. The van der Waals surface area contributed by atoms with Crippen LogP contribution >= 0.6 is 0 Å². The predicted molar refractivity (Wildman–Crippen MR) is 93.1 cm³/mol. The van der Waals surface area contributed by atoms with Gasteiger partial charge in [-0.3, -0.25) is 14.4 Å². The van der Waals surface area contributed by atoms with E-state index in [0.29, 0.717) is 17.0 Å². The van der Waals surface area contributed by atoms with Crippen LogP contribution in [0.2, 0.25) is 0 Å². The number of nitrogens with zero attached hydrogens (tertiary/aromatic N) is 1. The molecule has 2 rings (SSSR count). The average molecular weight is 359 g/mol. The molecule has 2 aromatic rings. The molecule has 0 saturated heterocycles. The van der Waals surface area contributed by atoms with Crippen LogP contribution in [-0.4, -0.2) is 42.8 Å². The molecule has 136 valence electrons. The van der Waals surface area contributed by atoms with Crippen LogP contribution in [0.5, 0.6) is 5.75 Å². The lowest BCUT2D eigenvalue weighted by Crippen LogP contribution is -2.34. The van der Waals surface area contributed by atoms with E-state index in [4.69, 9.17) is 10.5 Å². The number of hydrogen-bond acceptors (Lipinski definition) is 4. The lowest BCUT2D eigenvalue weighted by Gasteiger charge is -2.17. The van der Waals surface area contributed by atoms with E-state index in [0.717, 1.165) is 0 Å². The minimum atomic E-state index is -0.600. The van der Waals surface area contributed by atoms with Crippen LogP contribution in [0.15, 0.2) is 48.5 Å². The maximum absolute atomic E-state index is 12.8. The zero-order valence-electron chi connectivity index (χ0n) is 14.1. The first kappa shape index (κ1) is 18.9. The van der Waals surface area contributed by atoms with Crippen LogP contribution in [-0.2, 0) is 9.59 Å². The molecule has 0 aliphatic carbocycles. The van der Waals surface area contributed by atoms with E-state index in [1.807, 2.05) is 0 Å². The molecule has 0 radical (unpaired) electrons. The fraction of sp³-hybridized carbons (Fsp3) is 0.167. The number of benzene rings is 2. The number of hydrogen-bond donors (Lipinski definition) is 2. The smallest absolute Gasteiger partial charge is 0.255 e. The third kappa shape index (κ3) is 5.59. The molecule has 0 heterocycles. The van der Waals surface area contributed by atoms with Gasteiger partial charge in [0.05, 0.1) is 6.54 Å². The molecule has 0 aliphatic rings. The van der Waals surface area contributed by atoms with Crippen molar-refractivity contribution in [1.82, 2.24) is 4.90 Å². The van der Waals surface area contributed by atoms with Gasteiger partial charge in [0, 0.05) is 18.3 Å². The van der Waals surface area contributed by atoms with Gasteiger partial charge >= 0.3 is 0 Å². The molecular weight excluding hydrogens is 341 g/mol. The van der Waals surface area contributed by atoms with Crippen LogP contribution in [0.3, 0.4) is 0 Å². The molecule has 7 nitrogen and oxygen atoms in total. The van der Waals surface area contributed by atoms with Crippen molar-refractivity contribution in [2.24, 2.45) is 5.73 Å². The third-order valence-corrected chi connectivity index (χ3v) is 3.34. The van der Waals surface area contributed by atoms with E-state index >= 15 is 0 Å². The maximum Gasteiger partial charge on any atom is 0.255 e. The summed E-state index contributed by atoms with van der Waals surface area (Å²) in [6.07, 6.45) is 0. The average Bonchev–Trinajstić information content (AvgIpc) is 2.61. The summed E-state index contributed by atoms with van der Waals surface area (Å²) in [5.41, 5.74) is 5.78. The highest BCUT2D eigenvalue weighted by Crippen LogP contribution is 2.14. The van der Waals surface area contributed by atoms with Crippen molar-refractivity contribution >= 4 is 23.4 Å². The molecule has 0 saturated carbocycles. The highest BCUT2D eigenvalue weighted by atomic mass is 19.1. The Labute approximate surface area is 149 Å². The number of rotatable bonds is 7. The first-order chi connectivity index (χ1) is 12.3. The van der Waals surface area contributed by atoms with Gasteiger partial charge in [-0.05, 0) is 48.5 Å². The van der Waals surface area contributed by atoms with E-state index in [-0.39, 0.29) is 19.1 Å². The van der Waals surface area contributed by atoms with Crippen molar-refractivity contribution in [3.63, 3.8) is 0 Å². The number of anilines is 1.